The maximum Gasteiger partial charge on any atom is 0.352 e. The number of carboxylic acid groups (broad SMARTS) is 1. The fourth-order valence-electron chi connectivity index (χ4n) is 6.64. The summed E-state index contributed by atoms with van der Waals surface area (Å²) in [4.78, 5) is 13.8. The molecule has 48 heavy (non-hydrogen) atoms. The van der Waals surface area contributed by atoms with Crippen molar-refractivity contribution in [1.29, 1.82) is 0 Å². The number of rotatable bonds is 1. The molecule has 0 saturated carbocycles. The summed E-state index contributed by atoms with van der Waals surface area (Å²) in [5.74, 6) is 2.13. The lowest BCUT2D eigenvalue weighted by Gasteiger charge is -2.15. The van der Waals surface area contributed by atoms with Gasteiger partial charge < -0.3 is 14.4 Å². The van der Waals surface area contributed by atoms with Crippen molar-refractivity contribution < 1.29 is 14.6 Å². The van der Waals surface area contributed by atoms with Crippen molar-refractivity contribution in [2.75, 3.05) is 18.9 Å². The molecular weight excluding hydrogens is 685 g/mol. The van der Waals surface area contributed by atoms with Gasteiger partial charge in [-0.1, -0.05) is 47.5 Å². The number of fused-ring (bicyclic) bond motifs is 7. The van der Waals surface area contributed by atoms with Crippen molar-refractivity contribution in [2.24, 2.45) is 19.2 Å². The first-order valence-corrected chi connectivity index (χ1v) is 18.8. The Balaban J connectivity index is 1.29. The molecule has 12 heteroatoms. The Morgan fingerprint density at radius 2 is 1.88 bits per heavy atom. The summed E-state index contributed by atoms with van der Waals surface area (Å²) >= 11 is 17.2. The van der Waals surface area contributed by atoms with Crippen LogP contribution in [0.15, 0.2) is 64.2 Å². The molecule has 1 saturated heterocycles. The summed E-state index contributed by atoms with van der Waals surface area (Å²) in [5.41, 5.74) is 5.59. The zero-order valence-corrected chi connectivity index (χ0v) is 29.9. The number of thioether (sulfide) groups is 2. The number of aromatic nitrogens is 3. The second-order valence-electron chi connectivity index (χ2n) is 12.0. The lowest BCUT2D eigenvalue weighted by atomic mass is 10.0. The number of benzene rings is 3. The molecular formula is C36H35Cl2N5O3S2. The molecule has 2 aliphatic rings. The van der Waals surface area contributed by atoms with Crippen LogP contribution in [0.3, 0.4) is 0 Å². The molecule has 7 rings (SSSR count). The number of carbonyl (C=O) groups is 1. The molecule has 0 radical (unpaired) electrons. The second-order valence-corrected chi connectivity index (χ2v) is 14.9. The Morgan fingerprint density at radius 3 is 2.73 bits per heavy atom. The standard InChI is InChI=1S/C36H35Cl2N5O3S2/c1-41-34-29-17-24-8-5-12-43(24)39-11-14-47-20-23-16-25(42(2)40-23)21-48-26-15-22-7-3-4-9-27(22)32(18-26)46-13-6-10-28(35(41)36(44)45)33(34)31(38)19-30(29)37/h3-4,7,9,11,15-19H,5-6,8,10,12-14,20-21H2,1-2H3,(H,44,45)/b24-17+,39-11+. The molecule has 0 amide bonds. The number of allylic oxidation sites excluding steroid dienone is 1. The van der Waals surface area contributed by atoms with Crippen LogP contribution in [0.1, 0.15) is 52.3 Å². The van der Waals surface area contributed by atoms with Gasteiger partial charge in [-0.25, -0.2) is 4.79 Å². The van der Waals surface area contributed by atoms with Crippen LogP contribution in [0.2, 0.25) is 10.0 Å². The largest absolute Gasteiger partial charge is 0.493 e. The number of nitrogens with zero attached hydrogens (tertiary/aromatic N) is 5. The zero-order chi connectivity index (χ0) is 33.4. The average Bonchev–Trinajstić information content (AvgIpc) is 3.74. The Bertz CT molecular complexity index is 2100. The van der Waals surface area contributed by atoms with Crippen molar-refractivity contribution in [3.8, 4) is 5.75 Å². The summed E-state index contributed by atoms with van der Waals surface area (Å²) in [5, 5.41) is 25.7. The number of carboxylic acids is 1. The number of hydrogen-bond donors (Lipinski definition) is 1. The fraction of sp³-hybridized carbons (Fsp3) is 0.306. The summed E-state index contributed by atoms with van der Waals surface area (Å²) in [6.45, 7) is 1.21. The highest BCUT2D eigenvalue weighted by Gasteiger charge is 2.26. The van der Waals surface area contributed by atoms with Gasteiger partial charge >= 0.3 is 5.97 Å². The van der Waals surface area contributed by atoms with E-state index in [1.54, 1.807) is 41.2 Å². The molecule has 1 fully saturated rings. The molecule has 4 heterocycles. The van der Waals surface area contributed by atoms with Gasteiger partial charge in [-0.05, 0) is 67.0 Å². The summed E-state index contributed by atoms with van der Waals surface area (Å²) in [6, 6.07) is 16.4. The monoisotopic (exact) mass is 719 g/mol. The van der Waals surface area contributed by atoms with Gasteiger partial charge in [-0.15, -0.1) is 23.5 Å². The van der Waals surface area contributed by atoms with E-state index < -0.39 is 5.97 Å². The molecule has 0 spiro atoms. The van der Waals surface area contributed by atoms with Crippen molar-refractivity contribution in [3.63, 3.8) is 0 Å². The summed E-state index contributed by atoms with van der Waals surface area (Å²) in [6.07, 6.45) is 6.87. The molecule has 5 aromatic rings. The molecule has 0 aliphatic carbocycles. The van der Waals surface area contributed by atoms with E-state index in [0.29, 0.717) is 46.0 Å². The predicted molar refractivity (Wildman–Crippen MR) is 199 cm³/mol. The normalized spacial score (nSPS) is 17.9. The minimum atomic E-state index is -1.01. The molecule has 1 N–H and O–H groups in total. The van der Waals surface area contributed by atoms with Gasteiger partial charge in [0.1, 0.15) is 11.4 Å². The quantitative estimate of drug-likeness (QED) is 0.185. The molecule has 3 aromatic carbocycles. The predicted octanol–water partition coefficient (Wildman–Crippen LogP) is 9.04. The molecule has 2 aromatic heterocycles. The fourth-order valence-corrected chi connectivity index (χ4v) is 8.88. The van der Waals surface area contributed by atoms with Crippen molar-refractivity contribution in [3.05, 3.63) is 92.5 Å². The van der Waals surface area contributed by atoms with E-state index >= 15 is 0 Å². The van der Waals surface area contributed by atoms with Crippen LogP contribution < -0.4 is 4.74 Å². The van der Waals surface area contributed by atoms with Crippen molar-refractivity contribution in [1.82, 2.24) is 19.4 Å². The smallest absolute Gasteiger partial charge is 0.352 e. The van der Waals surface area contributed by atoms with Crippen LogP contribution in [0.4, 0.5) is 0 Å². The highest BCUT2D eigenvalue weighted by molar-refractivity contribution is 7.99. The van der Waals surface area contributed by atoms with Crippen molar-refractivity contribution >= 4 is 86.7 Å². The van der Waals surface area contributed by atoms with Gasteiger partial charge in [-0.3, -0.25) is 9.69 Å². The van der Waals surface area contributed by atoms with Crippen LogP contribution in [0.5, 0.6) is 5.75 Å². The highest BCUT2D eigenvalue weighted by atomic mass is 35.5. The van der Waals surface area contributed by atoms with Crippen molar-refractivity contribution in [2.45, 2.75) is 42.1 Å². The lowest BCUT2D eigenvalue weighted by Crippen LogP contribution is -2.10. The summed E-state index contributed by atoms with van der Waals surface area (Å²) in [7, 11) is 3.77. The molecule has 0 unspecified atom stereocenters. The number of aromatic carboxylic acids is 1. The molecule has 8 nitrogen and oxygen atoms in total. The second kappa shape index (κ2) is 14.1. The number of aryl methyl sites for hydroxylation is 3. The highest BCUT2D eigenvalue weighted by Crippen LogP contribution is 2.41. The first-order chi connectivity index (χ1) is 23.3. The van der Waals surface area contributed by atoms with Crippen LogP contribution >= 0.6 is 46.7 Å². The third kappa shape index (κ3) is 6.55. The van der Waals surface area contributed by atoms with Gasteiger partial charge in [-0.2, -0.15) is 10.2 Å². The Labute approximate surface area is 297 Å². The summed E-state index contributed by atoms with van der Waals surface area (Å²) < 4.78 is 10.1. The van der Waals surface area contributed by atoms with Gasteiger partial charge in [0.2, 0.25) is 0 Å². The maximum absolute atomic E-state index is 12.7. The number of hydrogen-bond acceptors (Lipinski definition) is 7. The number of halogens is 2. The zero-order valence-electron chi connectivity index (χ0n) is 26.7. The average molecular weight is 721 g/mol. The van der Waals surface area contributed by atoms with E-state index in [1.165, 1.54) is 0 Å². The van der Waals surface area contributed by atoms with E-state index in [1.807, 2.05) is 41.2 Å². The molecule has 8 bridgehead atoms. The van der Waals surface area contributed by atoms with Crippen LogP contribution in [-0.2, 0) is 32.0 Å². The van der Waals surface area contributed by atoms with Gasteiger partial charge in [0.05, 0.1) is 27.9 Å². The van der Waals surface area contributed by atoms with Gasteiger partial charge in [0, 0.05) is 76.7 Å². The molecule has 248 valence electrons. The Kier molecular flexibility index (Phi) is 9.69. The molecule has 2 aliphatic heterocycles. The minimum absolute atomic E-state index is 0.208. The Morgan fingerprint density at radius 1 is 1.02 bits per heavy atom. The lowest BCUT2D eigenvalue weighted by molar-refractivity contribution is 0.0685. The van der Waals surface area contributed by atoms with Gasteiger partial charge in [0.25, 0.3) is 0 Å². The SMILES string of the molecule is Cn1nc2cc1CSc1cc(c3ccccc3c1)OCCCc1c(C(=O)O)n(C)c3c(c(Cl)cc(Cl)c13)/C=C1\CCCN1/N=C/CSC2. The van der Waals surface area contributed by atoms with E-state index in [4.69, 9.17) is 38.1 Å². The topological polar surface area (TPSA) is 84.9 Å². The van der Waals surface area contributed by atoms with E-state index in [2.05, 4.69) is 30.3 Å². The Hall–Kier alpha value is -3.57. The van der Waals surface area contributed by atoms with E-state index in [9.17, 15) is 9.90 Å². The van der Waals surface area contributed by atoms with Crippen LogP contribution in [-0.4, -0.2) is 55.6 Å². The first kappa shape index (κ1) is 33.0. The third-order valence-corrected chi connectivity index (χ3v) is 11.4. The molecule has 0 atom stereocenters. The third-order valence-electron chi connectivity index (χ3n) is 8.85. The van der Waals surface area contributed by atoms with Crippen LogP contribution in [0, 0.1) is 0 Å². The maximum atomic E-state index is 12.7. The van der Waals surface area contributed by atoms with Crippen LogP contribution in [0.25, 0.3) is 27.8 Å². The number of ether oxygens (including phenoxy) is 1. The van der Waals surface area contributed by atoms with Gasteiger partial charge in [0.15, 0.2) is 0 Å². The minimum Gasteiger partial charge on any atom is -0.493 e. The first-order valence-electron chi connectivity index (χ1n) is 15.9. The van der Waals surface area contributed by atoms with E-state index in [-0.39, 0.29) is 5.69 Å². The number of hydrazone groups is 1. The van der Waals surface area contributed by atoms with E-state index in [0.717, 1.165) is 80.7 Å².